The molecule has 1 aliphatic heterocycles. The van der Waals surface area contributed by atoms with Crippen molar-refractivity contribution in [3.8, 4) is 0 Å². The van der Waals surface area contributed by atoms with E-state index in [0.717, 1.165) is 48.3 Å². The number of nitrogens with zero attached hydrogens (tertiary/aromatic N) is 1. The average Bonchev–Trinajstić information content (AvgIpc) is 3.24. The van der Waals surface area contributed by atoms with Crippen LogP contribution in [0.3, 0.4) is 0 Å². The Morgan fingerprint density at radius 1 is 1.04 bits per heavy atom. The molecule has 2 heterocycles. The van der Waals surface area contributed by atoms with Crippen LogP contribution < -0.4 is 5.69 Å². The molecular weight excluding hydrogens is 314 g/mol. The quantitative estimate of drug-likeness (QED) is 0.886. The number of hydrogen-bond donors (Lipinski definition) is 2. The smallest absolute Gasteiger partial charge is 0.323 e. The fourth-order valence-electron chi connectivity index (χ4n) is 3.68. The first-order valence-electron chi connectivity index (χ1n) is 8.73. The largest absolute Gasteiger partial charge is 0.339 e. The topological polar surface area (TPSA) is 69.0 Å². The van der Waals surface area contributed by atoms with Gasteiger partial charge in [-0.2, -0.15) is 0 Å². The van der Waals surface area contributed by atoms with Crippen LogP contribution in [-0.4, -0.2) is 33.9 Å². The zero-order chi connectivity index (χ0) is 17.4. The first-order chi connectivity index (χ1) is 12.1. The van der Waals surface area contributed by atoms with Crippen molar-refractivity contribution in [3.05, 3.63) is 63.3 Å². The van der Waals surface area contributed by atoms with Gasteiger partial charge in [0.25, 0.3) is 0 Å². The van der Waals surface area contributed by atoms with E-state index in [9.17, 15) is 9.59 Å². The lowest BCUT2D eigenvalue weighted by Crippen LogP contribution is -2.31. The summed E-state index contributed by atoms with van der Waals surface area (Å²) >= 11 is 0. The molecule has 0 bridgehead atoms. The van der Waals surface area contributed by atoms with Crippen molar-refractivity contribution in [1.82, 2.24) is 14.9 Å². The molecule has 1 atom stereocenters. The Kier molecular flexibility index (Phi) is 3.92. The average molecular weight is 335 g/mol. The number of aromatic nitrogens is 2. The van der Waals surface area contributed by atoms with Gasteiger partial charge in [0.1, 0.15) is 0 Å². The van der Waals surface area contributed by atoms with Crippen LogP contribution in [0, 0.1) is 5.92 Å². The van der Waals surface area contributed by atoms with Crippen LogP contribution in [0.25, 0.3) is 17.7 Å². The summed E-state index contributed by atoms with van der Waals surface area (Å²) in [5, 5.41) is 0. The third-order valence-corrected chi connectivity index (χ3v) is 5.07. The Bertz CT molecular complexity index is 912. The number of rotatable bonds is 2. The Balaban J connectivity index is 1.84. The van der Waals surface area contributed by atoms with E-state index >= 15 is 0 Å². The minimum absolute atomic E-state index is 0.0557. The summed E-state index contributed by atoms with van der Waals surface area (Å²) in [7, 11) is 0. The lowest BCUT2D eigenvalue weighted by molar-refractivity contribution is -0.126. The summed E-state index contributed by atoms with van der Waals surface area (Å²) in [6, 6.07) is 10.0. The van der Waals surface area contributed by atoms with Crippen molar-refractivity contribution in [2.45, 2.75) is 19.8 Å². The van der Waals surface area contributed by atoms with Crippen LogP contribution in [0.15, 0.2) is 40.7 Å². The molecule has 4 rings (SSSR count). The normalized spacial score (nSPS) is 19.9. The van der Waals surface area contributed by atoms with Crippen LogP contribution in [0.1, 0.15) is 36.7 Å². The van der Waals surface area contributed by atoms with Gasteiger partial charge in [-0.25, -0.2) is 4.79 Å². The van der Waals surface area contributed by atoms with Gasteiger partial charge < -0.3 is 14.9 Å². The minimum Gasteiger partial charge on any atom is -0.339 e. The predicted molar refractivity (Wildman–Crippen MR) is 98.7 cm³/mol. The van der Waals surface area contributed by atoms with Gasteiger partial charge in [-0.15, -0.1) is 0 Å². The molecule has 128 valence electrons. The summed E-state index contributed by atoms with van der Waals surface area (Å²) in [4.78, 5) is 32.4. The maximum absolute atomic E-state index is 13.1. The minimum atomic E-state index is -0.257. The molecule has 1 amide bonds. The number of fused-ring (bicyclic) bond motifs is 1. The maximum atomic E-state index is 13.1. The summed E-state index contributed by atoms with van der Waals surface area (Å²) in [5.74, 6) is 0.0153. The van der Waals surface area contributed by atoms with Crippen LogP contribution >= 0.6 is 0 Å². The molecule has 5 heteroatoms. The standard InChI is InChI=1S/C20H21N3O2/c1-13-15(14-7-3-2-4-8-14)11-17-18(22-20(25)21-17)12-16(13)19(24)23-9-5-6-10-23/h2-4,7-8,11-13H,5-6,9-10H2,1H3,(H2,21,22,25)/t13-/m1/s1. The first-order valence-corrected chi connectivity index (χ1v) is 8.73. The van der Waals surface area contributed by atoms with E-state index in [1.807, 2.05) is 47.4 Å². The van der Waals surface area contributed by atoms with E-state index in [2.05, 4.69) is 16.9 Å². The zero-order valence-electron chi connectivity index (χ0n) is 14.2. The molecule has 0 unspecified atom stereocenters. The van der Waals surface area contributed by atoms with Crippen molar-refractivity contribution in [2.75, 3.05) is 13.1 Å². The highest BCUT2D eigenvalue weighted by atomic mass is 16.2. The van der Waals surface area contributed by atoms with Gasteiger partial charge in [-0.1, -0.05) is 37.3 Å². The van der Waals surface area contributed by atoms with Gasteiger partial charge in [0.2, 0.25) is 5.91 Å². The van der Waals surface area contributed by atoms with Crippen molar-refractivity contribution in [1.29, 1.82) is 0 Å². The molecule has 1 aromatic heterocycles. The van der Waals surface area contributed by atoms with Gasteiger partial charge in [0.15, 0.2) is 0 Å². The number of likely N-dealkylation sites (tertiary alicyclic amines) is 1. The molecule has 0 radical (unpaired) electrons. The second-order valence-electron chi connectivity index (χ2n) is 6.69. The fraction of sp³-hybridized carbons (Fsp3) is 0.300. The third kappa shape index (κ3) is 2.86. The Morgan fingerprint density at radius 2 is 1.68 bits per heavy atom. The van der Waals surface area contributed by atoms with Gasteiger partial charge >= 0.3 is 5.69 Å². The second-order valence-corrected chi connectivity index (χ2v) is 6.69. The molecule has 1 aromatic carbocycles. The van der Waals surface area contributed by atoms with E-state index in [1.165, 1.54) is 0 Å². The Labute approximate surface area is 146 Å². The molecule has 1 saturated heterocycles. The van der Waals surface area contributed by atoms with Crippen molar-refractivity contribution < 1.29 is 4.79 Å². The van der Waals surface area contributed by atoms with Crippen molar-refractivity contribution in [2.24, 2.45) is 5.92 Å². The number of nitrogens with one attached hydrogen (secondary N) is 2. The van der Waals surface area contributed by atoms with Crippen molar-refractivity contribution >= 4 is 23.6 Å². The number of aromatic amines is 2. The molecule has 0 spiro atoms. The van der Waals surface area contributed by atoms with E-state index in [0.29, 0.717) is 5.69 Å². The summed E-state index contributed by atoms with van der Waals surface area (Å²) in [5.41, 5.74) is 3.96. The number of imidazole rings is 1. The van der Waals surface area contributed by atoms with Crippen LogP contribution in [0.5, 0.6) is 0 Å². The number of carbonyl (C=O) groups is 1. The predicted octanol–water partition coefficient (Wildman–Crippen LogP) is 2.90. The summed E-state index contributed by atoms with van der Waals surface area (Å²) in [6.07, 6.45) is 5.93. The molecule has 5 nitrogen and oxygen atoms in total. The summed E-state index contributed by atoms with van der Waals surface area (Å²) in [6.45, 7) is 3.68. The molecule has 2 aliphatic rings. The highest BCUT2D eigenvalue weighted by molar-refractivity contribution is 6.04. The highest BCUT2D eigenvalue weighted by Crippen LogP contribution is 2.36. The molecule has 1 aliphatic carbocycles. The van der Waals surface area contributed by atoms with Crippen LogP contribution in [0.2, 0.25) is 0 Å². The second kappa shape index (κ2) is 6.24. The number of hydrogen-bond acceptors (Lipinski definition) is 2. The van der Waals surface area contributed by atoms with E-state index in [4.69, 9.17) is 0 Å². The molecular formula is C20H21N3O2. The lowest BCUT2D eigenvalue weighted by atomic mass is 9.87. The molecule has 25 heavy (non-hydrogen) atoms. The highest BCUT2D eigenvalue weighted by Gasteiger charge is 2.29. The fourth-order valence-corrected chi connectivity index (χ4v) is 3.68. The Hall–Kier alpha value is -2.82. The maximum Gasteiger partial charge on any atom is 0.323 e. The third-order valence-electron chi connectivity index (χ3n) is 5.07. The van der Waals surface area contributed by atoms with E-state index in [1.54, 1.807) is 0 Å². The van der Waals surface area contributed by atoms with Crippen LogP contribution in [-0.2, 0) is 4.79 Å². The van der Waals surface area contributed by atoms with E-state index in [-0.39, 0.29) is 17.5 Å². The van der Waals surface area contributed by atoms with E-state index < -0.39 is 0 Å². The SMILES string of the molecule is C[C@H]1C(C(=O)N2CCCC2)=Cc2[nH]c(=O)[nH]c2C=C1c1ccccc1. The molecule has 1 fully saturated rings. The number of H-pyrrole nitrogens is 2. The lowest BCUT2D eigenvalue weighted by Gasteiger charge is -2.23. The van der Waals surface area contributed by atoms with Gasteiger partial charge in [-0.05, 0) is 36.1 Å². The monoisotopic (exact) mass is 335 g/mol. The Morgan fingerprint density at radius 3 is 2.36 bits per heavy atom. The molecule has 0 saturated carbocycles. The zero-order valence-corrected chi connectivity index (χ0v) is 14.2. The first kappa shape index (κ1) is 15.7. The van der Waals surface area contributed by atoms with Crippen LogP contribution in [0.4, 0.5) is 0 Å². The number of carbonyl (C=O) groups excluding carboxylic acids is 1. The van der Waals surface area contributed by atoms with Gasteiger partial charge in [0, 0.05) is 24.6 Å². The molecule has 2 N–H and O–H groups in total. The van der Waals surface area contributed by atoms with Crippen molar-refractivity contribution in [3.63, 3.8) is 0 Å². The number of benzene rings is 1. The molecule has 2 aromatic rings. The number of amides is 1. The number of allylic oxidation sites excluding steroid dienone is 1. The summed E-state index contributed by atoms with van der Waals surface area (Å²) < 4.78 is 0. The van der Waals surface area contributed by atoms with Gasteiger partial charge in [0.05, 0.1) is 11.4 Å². The van der Waals surface area contributed by atoms with Gasteiger partial charge in [-0.3, -0.25) is 4.79 Å².